The Bertz CT molecular complexity index is 362. The van der Waals surface area contributed by atoms with Crippen molar-refractivity contribution >= 4 is 23.9 Å². The highest BCUT2D eigenvalue weighted by atomic mass is 32.2. The van der Waals surface area contributed by atoms with Crippen molar-refractivity contribution in [1.82, 2.24) is 4.31 Å². The van der Waals surface area contributed by atoms with Crippen molar-refractivity contribution < 1.29 is 13.4 Å². The van der Waals surface area contributed by atoms with Gasteiger partial charge < -0.3 is 5.32 Å². The molecule has 0 saturated carbocycles. The van der Waals surface area contributed by atoms with Crippen molar-refractivity contribution in [3.05, 3.63) is 30.1 Å². The van der Waals surface area contributed by atoms with E-state index in [1.165, 1.54) is 23.5 Å². The second-order valence-electron chi connectivity index (χ2n) is 2.89. The number of urea groups is 1. The molecule has 1 aromatic rings. The zero-order chi connectivity index (χ0) is 12.0. The van der Waals surface area contributed by atoms with Crippen LogP contribution in [0.1, 0.15) is 6.92 Å². The van der Waals surface area contributed by atoms with Crippen molar-refractivity contribution in [1.29, 1.82) is 0 Å². The van der Waals surface area contributed by atoms with E-state index in [1.54, 1.807) is 12.1 Å². The maximum atomic E-state index is 13.2. The number of carbonyl (C=O) groups excluding carboxylic acids is 1. The van der Waals surface area contributed by atoms with Gasteiger partial charge in [0.25, 0.3) is 0 Å². The van der Waals surface area contributed by atoms with Crippen LogP contribution in [0, 0.1) is 5.82 Å². The van der Waals surface area contributed by atoms with Crippen LogP contribution in [0.2, 0.25) is 0 Å². The molecular weight excluding hydrogens is 231 g/mol. The molecule has 16 heavy (non-hydrogen) atoms. The van der Waals surface area contributed by atoms with Crippen molar-refractivity contribution in [2.75, 3.05) is 19.0 Å². The van der Waals surface area contributed by atoms with Crippen molar-refractivity contribution in [2.24, 2.45) is 0 Å². The van der Waals surface area contributed by atoms with Gasteiger partial charge in [0.05, 0.1) is 12.3 Å². The van der Waals surface area contributed by atoms with Gasteiger partial charge in [-0.2, -0.15) is 0 Å². The summed E-state index contributed by atoms with van der Waals surface area (Å²) >= 11 is 0.908. The number of para-hydroxylation sites is 1. The molecule has 0 aliphatic heterocycles. The summed E-state index contributed by atoms with van der Waals surface area (Å²) in [5.41, 5.74) is 0.149. The number of rotatable bonds is 4. The first-order valence-corrected chi connectivity index (χ1v) is 5.43. The zero-order valence-corrected chi connectivity index (χ0v) is 9.88. The third kappa shape index (κ3) is 3.71. The first-order valence-electron chi connectivity index (χ1n) is 4.74. The molecule has 0 spiro atoms. The molecular formula is C10H13FN2O2S. The molecule has 0 aliphatic rings. The van der Waals surface area contributed by atoms with Crippen LogP contribution in [0.5, 0.6) is 0 Å². The summed E-state index contributed by atoms with van der Waals surface area (Å²) in [5, 5.41) is 2.43. The topological polar surface area (TPSA) is 41.6 Å². The van der Waals surface area contributed by atoms with Gasteiger partial charge in [0.15, 0.2) is 0 Å². The van der Waals surface area contributed by atoms with Crippen LogP contribution < -0.4 is 5.32 Å². The molecule has 0 fully saturated rings. The Morgan fingerprint density at radius 1 is 1.56 bits per heavy atom. The lowest BCUT2D eigenvalue weighted by molar-refractivity contribution is 0.240. The molecule has 6 heteroatoms. The van der Waals surface area contributed by atoms with Crippen LogP contribution >= 0.6 is 12.2 Å². The summed E-state index contributed by atoms with van der Waals surface area (Å²) in [7, 11) is 1.54. The lowest BCUT2D eigenvalue weighted by atomic mass is 10.3. The molecule has 0 aliphatic carbocycles. The maximum absolute atomic E-state index is 13.2. The summed E-state index contributed by atoms with van der Waals surface area (Å²) < 4.78 is 19.4. The molecule has 88 valence electrons. The molecule has 0 unspecified atom stereocenters. The lowest BCUT2D eigenvalue weighted by Crippen LogP contribution is -2.26. The highest BCUT2D eigenvalue weighted by Crippen LogP contribution is 2.15. The van der Waals surface area contributed by atoms with Crippen molar-refractivity contribution in [3.8, 4) is 0 Å². The Balaban J connectivity index is 2.54. The monoisotopic (exact) mass is 244 g/mol. The van der Waals surface area contributed by atoms with Crippen LogP contribution in [-0.4, -0.2) is 24.0 Å². The van der Waals surface area contributed by atoms with Gasteiger partial charge in [0, 0.05) is 7.05 Å². The normalized spacial score (nSPS) is 9.94. The lowest BCUT2D eigenvalue weighted by Gasteiger charge is -2.15. The molecule has 1 rings (SSSR count). The van der Waals surface area contributed by atoms with E-state index in [-0.39, 0.29) is 5.69 Å². The number of nitrogens with one attached hydrogen (secondary N) is 1. The first-order chi connectivity index (χ1) is 7.65. The highest BCUT2D eigenvalue weighted by Gasteiger charge is 2.11. The molecule has 1 N–H and O–H groups in total. The largest absolute Gasteiger partial charge is 0.333 e. The third-order valence-electron chi connectivity index (χ3n) is 1.68. The minimum Gasteiger partial charge on any atom is -0.304 e. The summed E-state index contributed by atoms with van der Waals surface area (Å²) in [6, 6.07) is 5.54. The number of benzene rings is 1. The summed E-state index contributed by atoms with van der Waals surface area (Å²) in [6.07, 6.45) is 0. The number of halogens is 1. The van der Waals surface area contributed by atoms with Gasteiger partial charge in [-0.3, -0.25) is 4.18 Å². The van der Waals surface area contributed by atoms with E-state index in [0.717, 1.165) is 12.2 Å². The Morgan fingerprint density at radius 3 is 2.88 bits per heavy atom. The van der Waals surface area contributed by atoms with Crippen LogP contribution in [-0.2, 0) is 4.18 Å². The highest BCUT2D eigenvalue weighted by molar-refractivity contribution is 7.92. The molecule has 0 atom stereocenters. The van der Waals surface area contributed by atoms with E-state index >= 15 is 0 Å². The van der Waals surface area contributed by atoms with E-state index in [2.05, 4.69) is 5.32 Å². The Kier molecular flexibility index (Phi) is 5.07. The fourth-order valence-electron chi connectivity index (χ4n) is 0.922. The molecule has 0 radical (unpaired) electrons. The van der Waals surface area contributed by atoms with Crippen molar-refractivity contribution in [3.63, 3.8) is 0 Å². The van der Waals surface area contributed by atoms with Gasteiger partial charge in [-0.15, -0.1) is 0 Å². The average Bonchev–Trinajstić information content (AvgIpc) is 2.28. The molecule has 1 aromatic carbocycles. The van der Waals surface area contributed by atoms with Crippen LogP contribution in [0.25, 0.3) is 0 Å². The zero-order valence-electron chi connectivity index (χ0n) is 9.07. The van der Waals surface area contributed by atoms with Crippen LogP contribution in [0.15, 0.2) is 24.3 Å². The molecule has 0 heterocycles. The molecule has 4 nitrogen and oxygen atoms in total. The molecule has 0 saturated heterocycles. The molecule has 0 aromatic heterocycles. The fourth-order valence-corrected chi connectivity index (χ4v) is 1.30. The summed E-state index contributed by atoms with van der Waals surface area (Å²) in [6.45, 7) is 2.30. The van der Waals surface area contributed by atoms with Gasteiger partial charge >= 0.3 is 6.03 Å². The van der Waals surface area contributed by atoms with Gasteiger partial charge in [-0.1, -0.05) is 12.1 Å². The number of anilines is 1. The van der Waals surface area contributed by atoms with Crippen molar-refractivity contribution in [2.45, 2.75) is 6.92 Å². The summed E-state index contributed by atoms with van der Waals surface area (Å²) in [4.78, 5) is 11.5. The standard InChI is InChI=1S/C10H13FN2O2S/c1-3-15-16-13(2)10(14)12-9-7-5-4-6-8(9)11/h4-7H,3H2,1-2H3,(H,12,14). The Hall–Kier alpha value is -1.27. The maximum Gasteiger partial charge on any atom is 0.333 e. The molecule has 2 amide bonds. The average molecular weight is 244 g/mol. The van der Waals surface area contributed by atoms with E-state index in [1.807, 2.05) is 6.92 Å². The second kappa shape index (κ2) is 6.34. The predicted octanol–water partition coefficient (Wildman–Crippen LogP) is 2.89. The second-order valence-corrected chi connectivity index (χ2v) is 3.82. The minimum absolute atomic E-state index is 0.149. The predicted molar refractivity (Wildman–Crippen MR) is 62.4 cm³/mol. The van der Waals surface area contributed by atoms with Crippen LogP contribution in [0.3, 0.4) is 0 Å². The van der Waals surface area contributed by atoms with Gasteiger partial charge in [0.2, 0.25) is 0 Å². The number of nitrogens with zero attached hydrogens (tertiary/aromatic N) is 1. The van der Waals surface area contributed by atoms with E-state index in [4.69, 9.17) is 4.18 Å². The first kappa shape index (κ1) is 12.8. The number of carbonyl (C=O) groups is 1. The smallest absolute Gasteiger partial charge is 0.304 e. The van der Waals surface area contributed by atoms with Gasteiger partial charge in [-0.05, 0) is 19.1 Å². The van der Waals surface area contributed by atoms with Crippen LogP contribution in [0.4, 0.5) is 14.9 Å². The minimum atomic E-state index is -0.467. The SMILES string of the molecule is CCOSN(C)C(=O)Nc1ccccc1F. The Labute approximate surface area is 98.1 Å². The number of amides is 2. The fraction of sp³-hybridized carbons (Fsp3) is 0.300. The van der Waals surface area contributed by atoms with E-state index in [0.29, 0.717) is 6.61 Å². The van der Waals surface area contributed by atoms with E-state index in [9.17, 15) is 9.18 Å². The third-order valence-corrected chi connectivity index (χ3v) is 2.41. The van der Waals surface area contributed by atoms with Gasteiger partial charge in [-0.25, -0.2) is 13.5 Å². The molecule has 0 bridgehead atoms. The summed E-state index contributed by atoms with van der Waals surface area (Å²) in [5.74, 6) is -0.467. The van der Waals surface area contributed by atoms with Gasteiger partial charge in [0.1, 0.15) is 18.0 Å². The van der Waals surface area contributed by atoms with E-state index < -0.39 is 11.8 Å². The number of hydrogen-bond donors (Lipinski definition) is 1. The Morgan fingerprint density at radius 2 is 2.25 bits per heavy atom. The quantitative estimate of drug-likeness (QED) is 0.654. The number of hydrogen-bond acceptors (Lipinski definition) is 3.